The predicted octanol–water partition coefficient (Wildman–Crippen LogP) is 2.75. The number of rotatable bonds is 5. The summed E-state index contributed by atoms with van der Waals surface area (Å²) in [4.78, 5) is 32.6. The van der Waals surface area contributed by atoms with Crippen molar-refractivity contribution in [1.82, 2.24) is 20.8 Å². The van der Waals surface area contributed by atoms with Gasteiger partial charge in [-0.05, 0) is 30.3 Å². The van der Waals surface area contributed by atoms with Crippen molar-refractivity contribution in [1.29, 1.82) is 5.41 Å². The highest BCUT2D eigenvalue weighted by atomic mass is 35.5. The van der Waals surface area contributed by atoms with Gasteiger partial charge in [-0.3, -0.25) is 25.0 Å². The summed E-state index contributed by atoms with van der Waals surface area (Å²) in [5, 5.41) is 16.8. The molecule has 1 fully saturated rings. The number of hydrazone groups is 2. The molecule has 1 aromatic carbocycles. The molecule has 0 aliphatic carbocycles. The zero-order valence-electron chi connectivity index (χ0n) is 16.9. The van der Waals surface area contributed by atoms with Crippen molar-refractivity contribution < 1.29 is 14.3 Å². The summed E-state index contributed by atoms with van der Waals surface area (Å²) in [6.07, 6.45) is 4.98. The first-order valence-electron chi connectivity index (χ1n) is 9.61. The summed E-state index contributed by atoms with van der Waals surface area (Å²) in [5.74, 6) is -1.35. The quantitative estimate of drug-likeness (QED) is 0.501. The zero-order valence-corrected chi connectivity index (χ0v) is 17.7. The number of carbonyl (C=O) groups is 2. The van der Waals surface area contributed by atoms with Crippen molar-refractivity contribution >= 4 is 40.7 Å². The maximum absolute atomic E-state index is 12.5. The molecule has 3 aromatic rings. The van der Waals surface area contributed by atoms with E-state index in [1.54, 1.807) is 24.3 Å². The molecule has 1 atom stereocenters. The molecule has 2 aromatic heterocycles. The normalized spacial score (nSPS) is 17.6. The van der Waals surface area contributed by atoms with E-state index in [9.17, 15) is 9.59 Å². The Morgan fingerprint density at radius 1 is 0.879 bits per heavy atom. The lowest BCUT2D eigenvalue weighted by Crippen LogP contribution is -2.28. The highest BCUT2D eigenvalue weighted by Crippen LogP contribution is 2.31. The number of carbonyl (C=O) groups excluding carboxylic acids is 2. The molecular weight excluding hydrogens is 446 g/mol. The first-order valence-corrected chi connectivity index (χ1v) is 9.98. The van der Waals surface area contributed by atoms with Crippen molar-refractivity contribution in [2.75, 3.05) is 0 Å². The van der Waals surface area contributed by atoms with E-state index < -0.39 is 17.9 Å². The van der Waals surface area contributed by atoms with Gasteiger partial charge in [0.2, 0.25) is 5.90 Å². The van der Waals surface area contributed by atoms with Crippen LogP contribution < -0.4 is 10.9 Å². The van der Waals surface area contributed by atoms with Crippen LogP contribution in [0.15, 0.2) is 83.5 Å². The molecule has 2 amide bonds. The van der Waals surface area contributed by atoms with Crippen LogP contribution in [0.25, 0.3) is 0 Å². The van der Waals surface area contributed by atoms with E-state index >= 15 is 0 Å². The van der Waals surface area contributed by atoms with E-state index in [4.69, 9.17) is 21.7 Å². The van der Waals surface area contributed by atoms with Crippen LogP contribution in [-0.2, 0) is 4.74 Å². The molecule has 0 radical (unpaired) electrons. The summed E-state index contributed by atoms with van der Waals surface area (Å²) < 4.78 is 5.64. The van der Waals surface area contributed by atoms with Crippen LogP contribution in [0.2, 0.25) is 5.02 Å². The molecule has 0 spiro atoms. The van der Waals surface area contributed by atoms with E-state index in [1.807, 2.05) is 0 Å². The van der Waals surface area contributed by atoms with Gasteiger partial charge in [-0.25, -0.2) is 10.9 Å². The maximum atomic E-state index is 12.5. The lowest BCUT2D eigenvalue weighted by molar-refractivity contribution is 0.0946. The Bertz CT molecular complexity index is 1260. The van der Waals surface area contributed by atoms with Gasteiger partial charge in [0.1, 0.15) is 5.71 Å². The second kappa shape index (κ2) is 9.79. The molecule has 33 heavy (non-hydrogen) atoms. The van der Waals surface area contributed by atoms with Crippen molar-refractivity contribution in [3.8, 4) is 0 Å². The molecule has 164 valence electrons. The fourth-order valence-electron chi connectivity index (χ4n) is 2.94. The Hall–Kier alpha value is -4.44. The van der Waals surface area contributed by atoms with Gasteiger partial charge in [0.15, 0.2) is 11.8 Å². The largest absolute Gasteiger partial charge is 0.461 e. The molecule has 0 unspecified atom stereocenters. The molecule has 0 bridgehead atoms. The smallest absolute Gasteiger partial charge is 0.271 e. The van der Waals surface area contributed by atoms with Crippen molar-refractivity contribution in [3.63, 3.8) is 0 Å². The van der Waals surface area contributed by atoms with Gasteiger partial charge in [0.25, 0.3) is 11.8 Å². The van der Waals surface area contributed by atoms with Crippen LogP contribution in [0.3, 0.4) is 0 Å². The molecule has 3 N–H and O–H groups in total. The molecular formula is C22H16ClN7O3. The first-order chi connectivity index (χ1) is 16.0. The third-order valence-corrected chi connectivity index (χ3v) is 4.91. The van der Waals surface area contributed by atoms with Gasteiger partial charge in [-0.1, -0.05) is 29.8 Å². The number of ether oxygens (including phenoxy) is 1. The van der Waals surface area contributed by atoms with Crippen LogP contribution in [-0.4, -0.2) is 39.1 Å². The average Bonchev–Trinajstić information content (AvgIpc) is 3.17. The number of hydrogen-bond donors (Lipinski definition) is 3. The molecule has 1 aliphatic heterocycles. The zero-order chi connectivity index (χ0) is 23.2. The third kappa shape index (κ3) is 4.91. The number of nitrogens with one attached hydrogen (secondary N) is 3. The summed E-state index contributed by atoms with van der Waals surface area (Å²) in [7, 11) is 0. The summed E-state index contributed by atoms with van der Waals surface area (Å²) >= 11 is 6.32. The minimum atomic E-state index is -0.916. The lowest BCUT2D eigenvalue weighted by atomic mass is 10.0. The van der Waals surface area contributed by atoms with Gasteiger partial charge in [-0.2, -0.15) is 10.2 Å². The van der Waals surface area contributed by atoms with Gasteiger partial charge >= 0.3 is 0 Å². The lowest BCUT2D eigenvalue weighted by Gasteiger charge is -2.12. The Morgan fingerprint density at radius 3 is 2.00 bits per heavy atom. The van der Waals surface area contributed by atoms with E-state index in [-0.39, 0.29) is 17.3 Å². The van der Waals surface area contributed by atoms with Gasteiger partial charge in [0.05, 0.1) is 0 Å². The first kappa shape index (κ1) is 21.8. The monoisotopic (exact) mass is 461 g/mol. The molecule has 0 saturated carbocycles. The Morgan fingerprint density at radius 2 is 1.42 bits per heavy atom. The SMILES string of the molecule is N=C1O[C@@H](c2ccccc2Cl)C(=N/NC(=O)c2ccncc2)/C1=N\NC(=O)c1ccncc1. The number of amides is 2. The highest BCUT2D eigenvalue weighted by molar-refractivity contribution is 6.69. The minimum Gasteiger partial charge on any atom is -0.461 e. The van der Waals surface area contributed by atoms with Crippen molar-refractivity contribution in [3.05, 3.63) is 95.0 Å². The Balaban J connectivity index is 1.66. The molecule has 3 heterocycles. The standard InChI is InChI=1S/C22H16ClN7O3/c23-16-4-2-1-3-15(16)19-17(27-29-21(31)13-5-9-25-10-6-13)18(20(24)33-19)28-30-22(32)14-7-11-26-12-8-14/h1-12,19,24H,(H,29,31)(H,30,32)/b24-20?,27-17+,28-18+/t19-/m0/s1. The van der Waals surface area contributed by atoms with E-state index in [0.29, 0.717) is 21.7 Å². The van der Waals surface area contributed by atoms with Crippen molar-refractivity contribution in [2.45, 2.75) is 6.10 Å². The van der Waals surface area contributed by atoms with Crippen LogP contribution in [0.4, 0.5) is 0 Å². The van der Waals surface area contributed by atoms with E-state index in [1.165, 1.54) is 49.1 Å². The summed E-state index contributed by atoms with van der Waals surface area (Å²) in [5.41, 5.74) is 6.03. The summed E-state index contributed by atoms with van der Waals surface area (Å²) in [6, 6.07) is 13.0. The second-order valence-electron chi connectivity index (χ2n) is 6.66. The van der Waals surface area contributed by atoms with Gasteiger partial charge < -0.3 is 4.74 Å². The average molecular weight is 462 g/mol. The number of aromatic nitrogens is 2. The third-order valence-electron chi connectivity index (χ3n) is 4.56. The fraction of sp³-hybridized carbons (Fsp3) is 0.0455. The second-order valence-corrected chi connectivity index (χ2v) is 7.07. The Kier molecular flexibility index (Phi) is 6.46. The number of pyridine rings is 2. The van der Waals surface area contributed by atoms with Gasteiger partial charge in [0, 0.05) is 46.5 Å². The number of hydrogen-bond acceptors (Lipinski definition) is 8. The molecule has 11 heteroatoms. The molecule has 4 rings (SSSR count). The number of halogens is 1. The topological polar surface area (TPSA) is 142 Å². The van der Waals surface area contributed by atoms with Gasteiger partial charge in [-0.15, -0.1) is 0 Å². The summed E-state index contributed by atoms with van der Waals surface area (Å²) in [6.45, 7) is 0. The maximum Gasteiger partial charge on any atom is 0.271 e. The number of benzene rings is 1. The van der Waals surface area contributed by atoms with Crippen LogP contribution in [0, 0.1) is 5.41 Å². The van der Waals surface area contributed by atoms with Crippen LogP contribution in [0.5, 0.6) is 0 Å². The molecule has 1 aliphatic rings. The Labute approximate surface area is 192 Å². The fourth-order valence-corrected chi connectivity index (χ4v) is 3.18. The highest BCUT2D eigenvalue weighted by Gasteiger charge is 2.38. The predicted molar refractivity (Wildman–Crippen MR) is 121 cm³/mol. The molecule has 1 saturated heterocycles. The van der Waals surface area contributed by atoms with Crippen molar-refractivity contribution in [2.24, 2.45) is 10.2 Å². The molecule has 10 nitrogen and oxygen atoms in total. The van der Waals surface area contributed by atoms with Crippen LogP contribution >= 0.6 is 11.6 Å². The van der Waals surface area contributed by atoms with Crippen LogP contribution in [0.1, 0.15) is 32.4 Å². The number of nitrogens with zero attached hydrogens (tertiary/aromatic N) is 4. The van der Waals surface area contributed by atoms with E-state index in [0.717, 1.165) is 0 Å². The minimum absolute atomic E-state index is 0.0580. The van der Waals surface area contributed by atoms with E-state index in [2.05, 4.69) is 31.0 Å².